The third-order valence-electron chi connectivity index (χ3n) is 4.24. The number of nitrogens with one attached hydrogen (secondary N) is 1. The molecule has 0 amide bonds. The predicted octanol–water partition coefficient (Wildman–Crippen LogP) is 4.53. The van der Waals surface area contributed by atoms with E-state index in [9.17, 15) is 10.1 Å². The highest BCUT2D eigenvalue weighted by Crippen LogP contribution is 2.24. The summed E-state index contributed by atoms with van der Waals surface area (Å²) in [5, 5.41) is 34.8. The van der Waals surface area contributed by atoms with Crippen LogP contribution in [0.4, 0.5) is 23.0 Å². The fourth-order valence-electron chi connectivity index (χ4n) is 2.76. The quantitative estimate of drug-likeness (QED) is 0.357. The number of nitriles is 1. The van der Waals surface area contributed by atoms with Crippen molar-refractivity contribution in [1.82, 2.24) is 15.2 Å². The first-order valence-corrected chi connectivity index (χ1v) is 8.87. The lowest BCUT2D eigenvalue weighted by Crippen LogP contribution is -2.31. The number of H-pyrrole nitrogens is 1. The summed E-state index contributed by atoms with van der Waals surface area (Å²) in [6.45, 7) is 4.55. The van der Waals surface area contributed by atoms with Crippen LogP contribution >= 0.6 is 0 Å². The number of non-ortho nitro benzene ring substituents is 1. The van der Waals surface area contributed by atoms with Crippen molar-refractivity contribution in [3.8, 4) is 17.5 Å². The Kier molecular flexibility index (Phi) is 5.89. The normalized spacial score (nSPS) is 11.9. The largest absolute Gasteiger partial charge is 0.356 e. The molecule has 0 aliphatic carbocycles. The molecule has 3 rings (SSSR count). The van der Waals surface area contributed by atoms with Crippen LogP contribution in [0.5, 0.6) is 0 Å². The molecule has 1 unspecified atom stereocenters. The topological polar surface area (TPSA) is 136 Å². The summed E-state index contributed by atoms with van der Waals surface area (Å²) in [5.74, 6) is 0.478. The SMILES string of the molecule is CCN(c1ccc(N=Nc2n[nH]c(-c3cccc([N+](=O)[O-])c3)n2)cc1)C(C)C#N. The van der Waals surface area contributed by atoms with Gasteiger partial charge in [-0.2, -0.15) is 10.2 Å². The minimum atomic E-state index is -0.471. The van der Waals surface area contributed by atoms with Gasteiger partial charge in [0.25, 0.3) is 11.6 Å². The maximum Gasteiger partial charge on any atom is 0.287 e. The van der Waals surface area contributed by atoms with Crippen molar-refractivity contribution in [2.24, 2.45) is 10.2 Å². The van der Waals surface area contributed by atoms with E-state index in [2.05, 4.69) is 31.5 Å². The average molecular weight is 390 g/mol. The average Bonchev–Trinajstić information content (AvgIpc) is 3.22. The second-order valence-corrected chi connectivity index (χ2v) is 6.10. The summed E-state index contributed by atoms with van der Waals surface area (Å²) in [7, 11) is 0. The molecule has 1 atom stereocenters. The van der Waals surface area contributed by atoms with Gasteiger partial charge in [-0.25, -0.2) is 0 Å². The first-order chi connectivity index (χ1) is 14.0. The molecule has 0 spiro atoms. The summed E-state index contributed by atoms with van der Waals surface area (Å²) in [6, 6.07) is 15.4. The minimum absolute atomic E-state index is 0.0333. The maximum absolute atomic E-state index is 10.9. The Balaban J connectivity index is 1.74. The van der Waals surface area contributed by atoms with Crippen LogP contribution in [0.3, 0.4) is 0 Å². The Morgan fingerprint density at radius 3 is 2.69 bits per heavy atom. The van der Waals surface area contributed by atoms with Gasteiger partial charge in [-0.15, -0.1) is 15.3 Å². The van der Waals surface area contributed by atoms with Crippen LogP contribution in [0.15, 0.2) is 58.8 Å². The van der Waals surface area contributed by atoms with E-state index >= 15 is 0 Å². The first-order valence-electron chi connectivity index (χ1n) is 8.87. The Morgan fingerprint density at radius 1 is 1.28 bits per heavy atom. The van der Waals surface area contributed by atoms with E-state index in [0.717, 1.165) is 5.69 Å². The second kappa shape index (κ2) is 8.71. The first kappa shape index (κ1) is 19.6. The number of rotatable bonds is 7. The lowest BCUT2D eigenvalue weighted by molar-refractivity contribution is -0.384. The van der Waals surface area contributed by atoms with E-state index in [1.807, 2.05) is 30.9 Å². The van der Waals surface area contributed by atoms with Crippen LogP contribution in [0.25, 0.3) is 11.4 Å². The van der Waals surface area contributed by atoms with Crippen molar-refractivity contribution in [3.63, 3.8) is 0 Å². The molecule has 29 heavy (non-hydrogen) atoms. The molecule has 10 heteroatoms. The fraction of sp³-hybridized carbons (Fsp3) is 0.211. The lowest BCUT2D eigenvalue weighted by Gasteiger charge is -2.25. The van der Waals surface area contributed by atoms with E-state index in [-0.39, 0.29) is 17.7 Å². The molecule has 0 saturated heterocycles. The van der Waals surface area contributed by atoms with Crippen molar-refractivity contribution in [3.05, 3.63) is 58.6 Å². The molecular formula is C19H18N8O2. The Bertz CT molecular complexity index is 1070. The highest BCUT2D eigenvalue weighted by atomic mass is 16.6. The lowest BCUT2D eigenvalue weighted by atomic mass is 10.2. The zero-order chi connectivity index (χ0) is 20.8. The number of aromatic amines is 1. The molecule has 146 valence electrons. The number of azo groups is 1. The number of hydrogen-bond acceptors (Lipinski definition) is 8. The summed E-state index contributed by atoms with van der Waals surface area (Å²) in [5.41, 5.74) is 2.03. The summed E-state index contributed by atoms with van der Waals surface area (Å²) < 4.78 is 0. The fourth-order valence-corrected chi connectivity index (χ4v) is 2.76. The van der Waals surface area contributed by atoms with Crippen LogP contribution in [-0.2, 0) is 0 Å². The van der Waals surface area contributed by atoms with Gasteiger partial charge in [-0.1, -0.05) is 12.1 Å². The van der Waals surface area contributed by atoms with Gasteiger partial charge in [-0.3, -0.25) is 15.2 Å². The summed E-state index contributed by atoms with van der Waals surface area (Å²) in [4.78, 5) is 16.6. The van der Waals surface area contributed by atoms with E-state index in [1.165, 1.54) is 12.1 Å². The van der Waals surface area contributed by atoms with Crippen LogP contribution < -0.4 is 4.90 Å². The number of aromatic nitrogens is 3. The molecule has 0 bridgehead atoms. The molecule has 0 radical (unpaired) electrons. The van der Waals surface area contributed by atoms with Gasteiger partial charge in [0, 0.05) is 29.9 Å². The summed E-state index contributed by atoms with van der Waals surface area (Å²) in [6.07, 6.45) is 0. The van der Waals surface area contributed by atoms with Gasteiger partial charge in [-0.05, 0) is 38.1 Å². The molecule has 2 aromatic carbocycles. The number of benzene rings is 2. The molecule has 1 heterocycles. The Morgan fingerprint density at radius 2 is 2.03 bits per heavy atom. The van der Waals surface area contributed by atoms with Crippen molar-refractivity contribution in [2.45, 2.75) is 19.9 Å². The molecule has 3 aromatic rings. The third kappa shape index (κ3) is 4.59. The molecule has 0 aliphatic heterocycles. The summed E-state index contributed by atoms with van der Waals surface area (Å²) >= 11 is 0. The van der Waals surface area contributed by atoms with Gasteiger partial charge >= 0.3 is 0 Å². The van der Waals surface area contributed by atoms with Crippen LogP contribution in [0, 0.1) is 21.4 Å². The predicted molar refractivity (Wildman–Crippen MR) is 107 cm³/mol. The van der Waals surface area contributed by atoms with Crippen molar-refractivity contribution >= 4 is 23.0 Å². The van der Waals surface area contributed by atoms with Crippen molar-refractivity contribution in [1.29, 1.82) is 5.26 Å². The molecule has 0 saturated carbocycles. The number of nitro groups is 1. The number of nitrogens with zero attached hydrogens (tertiary/aromatic N) is 7. The Hall–Kier alpha value is -4.13. The van der Waals surface area contributed by atoms with Gasteiger partial charge in [0.15, 0.2) is 5.82 Å². The highest BCUT2D eigenvalue weighted by molar-refractivity contribution is 5.59. The number of anilines is 1. The van der Waals surface area contributed by atoms with E-state index in [4.69, 9.17) is 5.26 Å². The molecule has 1 N–H and O–H groups in total. The van der Waals surface area contributed by atoms with Crippen LogP contribution in [-0.4, -0.2) is 32.7 Å². The third-order valence-corrected chi connectivity index (χ3v) is 4.24. The van der Waals surface area contributed by atoms with E-state index in [0.29, 0.717) is 23.6 Å². The van der Waals surface area contributed by atoms with Crippen LogP contribution in [0.2, 0.25) is 0 Å². The van der Waals surface area contributed by atoms with Crippen molar-refractivity contribution in [2.75, 3.05) is 11.4 Å². The zero-order valence-corrected chi connectivity index (χ0v) is 15.9. The minimum Gasteiger partial charge on any atom is -0.356 e. The monoisotopic (exact) mass is 390 g/mol. The zero-order valence-electron chi connectivity index (χ0n) is 15.9. The van der Waals surface area contributed by atoms with Gasteiger partial charge in [0.1, 0.15) is 6.04 Å². The maximum atomic E-state index is 10.9. The number of nitro benzene ring substituents is 1. The molecular weight excluding hydrogens is 372 g/mol. The highest BCUT2D eigenvalue weighted by Gasteiger charge is 2.12. The van der Waals surface area contributed by atoms with E-state index in [1.54, 1.807) is 24.3 Å². The Labute approximate surface area is 166 Å². The van der Waals surface area contributed by atoms with Crippen LogP contribution in [0.1, 0.15) is 13.8 Å². The van der Waals surface area contributed by atoms with Gasteiger partial charge in [0.2, 0.25) is 0 Å². The van der Waals surface area contributed by atoms with Gasteiger partial charge in [0.05, 0.1) is 16.7 Å². The van der Waals surface area contributed by atoms with Crippen molar-refractivity contribution < 1.29 is 4.92 Å². The molecule has 1 aromatic heterocycles. The molecule has 0 fully saturated rings. The smallest absolute Gasteiger partial charge is 0.287 e. The number of hydrogen-bond donors (Lipinski definition) is 1. The molecule has 0 aliphatic rings. The van der Waals surface area contributed by atoms with E-state index < -0.39 is 4.92 Å². The second-order valence-electron chi connectivity index (χ2n) is 6.10. The molecule has 10 nitrogen and oxygen atoms in total. The standard InChI is InChI=1S/C19H18N8O2/c1-3-26(13(2)12-20)16-9-7-15(8-10-16)22-24-19-21-18(23-25-19)14-5-4-6-17(11-14)27(28)29/h4-11,13H,3H2,1-2H3,(H,21,23,25). The van der Waals surface area contributed by atoms with Gasteiger partial charge < -0.3 is 4.90 Å².